The van der Waals surface area contributed by atoms with E-state index < -0.39 is 23.3 Å². The number of alkyl halides is 1. The third kappa shape index (κ3) is 7.11. The Balaban J connectivity index is 1.31. The summed E-state index contributed by atoms with van der Waals surface area (Å²) >= 11 is 0. The van der Waals surface area contributed by atoms with Crippen LogP contribution < -0.4 is 0 Å². The Morgan fingerprint density at radius 2 is 1.68 bits per heavy atom. The van der Waals surface area contributed by atoms with Gasteiger partial charge in [-0.25, -0.2) is 4.39 Å². The van der Waals surface area contributed by atoms with Crippen molar-refractivity contribution in [3.8, 4) is 0 Å². The number of pyridine rings is 1. The standard InChI is InChI=1S/C26H38FNO3/c27-26(17-9-4-10-18-26)24(29)19-21(25(30)31)12-5-2-1-3-6-13-22-16-15-20-11-7-8-14-23(20)28-22/h15-16,21H,1-14,17-19H2,(H,30,31)/t21-/m1/s1. The van der Waals surface area contributed by atoms with Gasteiger partial charge in [0.1, 0.15) is 0 Å². The zero-order chi connectivity index (χ0) is 22.1. The molecule has 0 unspecified atom stereocenters. The average molecular weight is 432 g/mol. The summed E-state index contributed by atoms with van der Waals surface area (Å²) in [6, 6.07) is 4.42. The lowest BCUT2D eigenvalue weighted by Gasteiger charge is -2.28. The highest BCUT2D eigenvalue weighted by Gasteiger charge is 2.40. The number of nitrogens with zero attached hydrogens (tertiary/aromatic N) is 1. The summed E-state index contributed by atoms with van der Waals surface area (Å²) in [4.78, 5) is 28.8. The Bertz CT molecular complexity index is 742. The van der Waals surface area contributed by atoms with Crippen LogP contribution >= 0.6 is 0 Å². The molecule has 0 bridgehead atoms. The summed E-state index contributed by atoms with van der Waals surface area (Å²) in [6.45, 7) is 0. The number of carboxylic acids is 1. The molecule has 0 amide bonds. The van der Waals surface area contributed by atoms with Gasteiger partial charge in [-0.15, -0.1) is 0 Å². The Kier molecular flexibility index (Phi) is 9.03. The predicted octanol–water partition coefficient (Wildman–Crippen LogP) is 6.18. The molecule has 3 rings (SSSR count). The monoisotopic (exact) mass is 431 g/mol. The number of unbranched alkanes of at least 4 members (excludes halogenated alkanes) is 4. The van der Waals surface area contributed by atoms with Crippen LogP contribution in [0.25, 0.3) is 0 Å². The number of Topliss-reactive ketones (excluding diaryl/α,β-unsaturated/α-hetero) is 1. The Labute approximate surface area is 186 Å². The van der Waals surface area contributed by atoms with E-state index in [9.17, 15) is 19.1 Å². The topological polar surface area (TPSA) is 67.3 Å². The van der Waals surface area contributed by atoms with Crippen molar-refractivity contribution in [2.75, 3.05) is 0 Å². The smallest absolute Gasteiger partial charge is 0.306 e. The summed E-state index contributed by atoms with van der Waals surface area (Å²) in [5, 5.41) is 9.47. The van der Waals surface area contributed by atoms with E-state index in [2.05, 4.69) is 12.1 Å². The van der Waals surface area contributed by atoms with Crippen molar-refractivity contribution in [2.45, 2.75) is 115 Å². The molecule has 5 heteroatoms. The molecule has 1 saturated carbocycles. The molecule has 172 valence electrons. The molecule has 0 aliphatic heterocycles. The number of hydrogen-bond acceptors (Lipinski definition) is 3. The molecule has 1 heterocycles. The van der Waals surface area contributed by atoms with E-state index in [-0.39, 0.29) is 19.3 Å². The Hall–Kier alpha value is -1.78. The molecule has 1 aromatic rings. The number of halogens is 1. The van der Waals surface area contributed by atoms with Gasteiger partial charge in [0.15, 0.2) is 11.5 Å². The van der Waals surface area contributed by atoms with Crippen LogP contribution in [0.5, 0.6) is 0 Å². The van der Waals surface area contributed by atoms with E-state index in [1.54, 1.807) is 0 Å². The first-order valence-electron chi connectivity index (χ1n) is 12.4. The lowest BCUT2D eigenvalue weighted by atomic mass is 9.80. The van der Waals surface area contributed by atoms with Gasteiger partial charge in [-0.3, -0.25) is 14.6 Å². The SMILES string of the molecule is O=C(O)[C@H](CCCCCCCc1ccc2c(n1)CCCC2)CC(=O)C1(F)CCCCC1. The largest absolute Gasteiger partial charge is 0.481 e. The van der Waals surface area contributed by atoms with E-state index in [0.717, 1.165) is 70.6 Å². The summed E-state index contributed by atoms with van der Waals surface area (Å²) in [7, 11) is 0. The minimum atomic E-state index is -1.78. The molecule has 0 spiro atoms. The molecule has 0 radical (unpaired) electrons. The van der Waals surface area contributed by atoms with Gasteiger partial charge >= 0.3 is 5.97 Å². The van der Waals surface area contributed by atoms with Gasteiger partial charge < -0.3 is 5.11 Å². The molecular weight excluding hydrogens is 393 g/mol. The number of aromatic nitrogens is 1. The Morgan fingerprint density at radius 3 is 2.45 bits per heavy atom. The van der Waals surface area contributed by atoms with Gasteiger partial charge in [-0.05, 0) is 82.3 Å². The minimum absolute atomic E-state index is 0.157. The fourth-order valence-corrected chi connectivity index (χ4v) is 5.10. The predicted molar refractivity (Wildman–Crippen MR) is 120 cm³/mol. The van der Waals surface area contributed by atoms with Crippen molar-refractivity contribution < 1.29 is 19.1 Å². The summed E-state index contributed by atoms with van der Waals surface area (Å²) in [5.41, 5.74) is 2.12. The highest BCUT2D eigenvalue weighted by Crippen LogP contribution is 2.35. The van der Waals surface area contributed by atoms with Crippen molar-refractivity contribution in [1.82, 2.24) is 4.98 Å². The molecule has 0 aromatic carbocycles. The molecule has 1 fully saturated rings. The molecule has 1 N–H and O–H groups in total. The lowest BCUT2D eigenvalue weighted by molar-refractivity contribution is -0.146. The molecule has 31 heavy (non-hydrogen) atoms. The number of hydrogen-bond donors (Lipinski definition) is 1. The van der Waals surface area contributed by atoms with Crippen LogP contribution in [0.3, 0.4) is 0 Å². The van der Waals surface area contributed by atoms with Gasteiger partial charge in [0.25, 0.3) is 0 Å². The van der Waals surface area contributed by atoms with Crippen molar-refractivity contribution >= 4 is 11.8 Å². The number of ketones is 1. The van der Waals surface area contributed by atoms with Crippen LogP contribution in [0.2, 0.25) is 0 Å². The first-order valence-corrected chi connectivity index (χ1v) is 12.4. The summed E-state index contributed by atoms with van der Waals surface area (Å²) < 4.78 is 14.8. The van der Waals surface area contributed by atoms with E-state index in [4.69, 9.17) is 4.98 Å². The number of carbonyl (C=O) groups is 2. The maximum absolute atomic E-state index is 14.8. The molecule has 2 aliphatic rings. The van der Waals surface area contributed by atoms with Crippen LogP contribution in [0.4, 0.5) is 4.39 Å². The van der Waals surface area contributed by atoms with Gasteiger partial charge in [0.05, 0.1) is 5.92 Å². The molecule has 1 aromatic heterocycles. The average Bonchev–Trinajstić information content (AvgIpc) is 2.77. The van der Waals surface area contributed by atoms with Gasteiger partial charge in [-0.1, -0.05) is 38.2 Å². The first kappa shape index (κ1) is 23.9. The molecule has 1 atom stereocenters. The van der Waals surface area contributed by atoms with Crippen molar-refractivity contribution in [3.63, 3.8) is 0 Å². The number of fused-ring (bicyclic) bond motifs is 1. The number of aliphatic carboxylic acids is 1. The number of carboxylic acid groups (broad SMARTS) is 1. The number of carbonyl (C=O) groups excluding carboxylic acids is 1. The van der Waals surface area contributed by atoms with E-state index in [0.29, 0.717) is 6.42 Å². The highest BCUT2D eigenvalue weighted by atomic mass is 19.1. The zero-order valence-electron chi connectivity index (χ0n) is 18.8. The second-order valence-electron chi connectivity index (χ2n) is 9.61. The van der Waals surface area contributed by atoms with Crippen LogP contribution in [0, 0.1) is 5.92 Å². The van der Waals surface area contributed by atoms with Crippen LogP contribution in [-0.4, -0.2) is 27.5 Å². The number of rotatable bonds is 12. The Morgan fingerprint density at radius 1 is 0.968 bits per heavy atom. The third-order valence-corrected chi connectivity index (χ3v) is 7.15. The summed E-state index contributed by atoms with van der Waals surface area (Å²) in [5.74, 6) is -2.20. The fraction of sp³-hybridized carbons (Fsp3) is 0.731. The molecule has 0 saturated heterocycles. The second kappa shape index (κ2) is 11.7. The van der Waals surface area contributed by atoms with Crippen LogP contribution in [-0.2, 0) is 28.9 Å². The molecule has 2 aliphatic carbocycles. The number of aryl methyl sites for hydroxylation is 3. The summed E-state index contributed by atoms with van der Waals surface area (Å²) in [6.07, 6.45) is 14.0. The van der Waals surface area contributed by atoms with Gasteiger partial charge in [0, 0.05) is 17.8 Å². The second-order valence-corrected chi connectivity index (χ2v) is 9.61. The van der Waals surface area contributed by atoms with E-state index in [1.807, 2.05) is 0 Å². The van der Waals surface area contributed by atoms with Crippen molar-refractivity contribution in [2.24, 2.45) is 5.92 Å². The van der Waals surface area contributed by atoms with E-state index in [1.165, 1.54) is 29.8 Å². The van der Waals surface area contributed by atoms with Crippen molar-refractivity contribution in [1.29, 1.82) is 0 Å². The van der Waals surface area contributed by atoms with Crippen LogP contribution in [0.1, 0.15) is 107 Å². The highest BCUT2D eigenvalue weighted by molar-refractivity contribution is 5.90. The van der Waals surface area contributed by atoms with Gasteiger partial charge in [0.2, 0.25) is 0 Å². The first-order chi connectivity index (χ1) is 15.0. The zero-order valence-corrected chi connectivity index (χ0v) is 18.8. The lowest BCUT2D eigenvalue weighted by Crippen LogP contribution is -2.38. The molecule has 4 nitrogen and oxygen atoms in total. The molecular formula is C26H38FNO3. The maximum Gasteiger partial charge on any atom is 0.306 e. The quantitative estimate of drug-likeness (QED) is 0.402. The fourth-order valence-electron chi connectivity index (χ4n) is 5.10. The third-order valence-electron chi connectivity index (χ3n) is 7.15. The van der Waals surface area contributed by atoms with Crippen molar-refractivity contribution in [3.05, 3.63) is 29.1 Å². The maximum atomic E-state index is 14.8. The van der Waals surface area contributed by atoms with Crippen LogP contribution in [0.15, 0.2) is 12.1 Å². The minimum Gasteiger partial charge on any atom is -0.481 e. The van der Waals surface area contributed by atoms with E-state index >= 15 is 0 Å². The normalized spacial score (nSPS) is 18.9. The van der Waals surface area contributed by atoms with Gasteiger partial charge in [-0.2, -0.15) is 0 Å².